The molecule has 2 heterocycles. The zero-order valence-electron chi connectivity index (χ0n) is 15.8. The van der Waals surface area contributed by atoms with Crippen LogP contribution in [-0.4, -0.2) is 41.8 Å². The molecule has 7 heteroatoms. The molecule has 0 atom stereocenters. The van der Waals surface area contributed by atoms with Crippen LogP contribution in [0.3, 0.4) is 0 Å². The normalized spacial score (nSPS) is 13.3. The number of ether oxygens (including phenoxy) is 2. The van der Waals surface area contributed by atoms with Crippen molar-refractivity contribution in [3.05, 3.63) is 63.6 Å². The van der Waals surface area contributed by atoms with Crippen LogP contribution in [0.15, 0.2) is 41.2 Å². The van der Waals surface area contributed by atoms with Gasteiger partial charge in [-0.25, -0.2) is 5.10 Å². The topological polar surface area (TPSA) is 84.5 Å². The van der Waals surface area contributed by atoms with Crippen LogP contribution in [0.1, 0.15) is 16.8 Å². The second-order valence-electron chi connectivity index (χ2n) is 6.76. The zero-order valence-corrected chi connectivity index (χ0v) is 15.8. The van der Waals surface area contributed by atoms with Crippen molar-refractivity contribution in [2.45, 2.75) is 19.4 Å². The number of hydrogen-bond acceptors (Lipinski definition) is 5. The predicted octanol–water partition coefficient (Wildman–Crippen LogP) is 2.07. The molecule has 1 N–H and O–H groups in total. The summed E-state index contributed by atoms with van der Waals surface area (Å²) in [4.78, 5) is 26.7. The third-order valence-electron chi connectivity index (χ3n) is 5.16. The number of carbonyl (C=O) groups excluding carboxylic acids is 1. The summed E-state index contributed by atoms with van der Waals surface area (Å²) in [6.07, 6.45) is 0.890. The van der Waals surface area contributed by atoms with Crippen LogP contribution in [0.2, 0.25) is 0 Å². The minimum absolute atomic E-state index is 0.0230. The van der Waals surface area contributed by atoms with Crippen molar-refractivity contribution in [3.8, 4) is 11.5 Å². The predicted molar refractivity (Wildman–Crippen MR) is 105 cm³/mol. The van der Waals surface area contributed by atoms with E-state index >= 15 is 0 Å². The van der Waals surface area contributed by atoms with Gasteiger partial charge in [-0.2, -0.15) is 5.10 Å². The fourth-order valence-corrected chi connectivity index (χ4v) is 3.66. The highest BCUT2D eigenvalue weighted by atomic mass is 16.5. The van der Waals surface area contributed by atoms with Gasteiger partial charge in [-0.1, -0.05) is 18.2 Å². The first kappa shape index (κ1) is 18.0. The summed E-state index contributed by atoms with van der Waals surface area (Å²) in [6.45, 7) is 1.14. The molecule has 0 saturated carbocycles. The Kier molecular flexibility index (Phi) is 4.73. The van der Waals surface area contributed by atoms with E-state index in [2.05, 4.69) is 10.2 Å². The molecule has 1 amide bonds. The third kappa shape index (κ3) is 3.19. The Bertz CT molecular complexity index is 1110. The SMILES string of the molecule is COc1cc2c(cc1OC)CN(C(=O)Cc1n[nH]c(=O)c3ccccc13)CC2. The highest BCUT2D eigenvalue weighted by Gasteiger charge is 2.24. The first-order valence-corrected chi connectivity index (χ1v) is 9.08. The lowest BCUT2D eigenvalue weighted by atomic mass is 9.98. The maximum atomic E-state index is 12.9. The largest absolute Gasteiger partial charge is 0.493 e. The van der Waals surface area contributed by atoms with Crippen molar-refractivity contribution in [2.75, 3.05) is 20.8 Å². The molecule has 144 valence electrons. The molecule has 0 bridgehead atoms. The Morgan fingerprint density at radius 2 is 1.79 bits per heavy atom. The minimum Gasteiger partial charge on any atom is -0.493 e. The zero-order chi connectivity index (χ0) is 19.7. The molecule has 0 fully saturated rings. The van der Waals surface area contributed by atoms with E-state index in [0.717, 1.165) is 17.5 Å². The van der Waals surface area contributed by atoms with Crippen LogP contribution in [0.25, 0.3) is 10.8 Å². The van der Waals surface area contributed by atoms with E-state index in [4.69, 9.17) is 9.47 Å². The van der Waals surface area contributed by atoms with E-state index in [9.17, 15) is 9.59 Å². The lowest BCUT2D eigenvalue weighted by Crippen LogP contribution is -2.37. The average molecular weight is 379 g/mol. The maximum Gasteiger partial charge on any atom is 0.272 e. The van der Waals surface area contributed by atoms with Crippen molar-refractivity contribution in [1.29, 1.82) is 0 Å². The van der Waals surface area contributed by atoms with E-state index in [-0.39, 0.29) is 17.9 Å². The summed E-state index contributed by atoms with van der Waals surface area (Å²) < 4.78 is 10.7. The van der Waals surface area contributed by atoms with E-state index in [1.54, 1.807) is 26.4 Å². The molecule has 1 aromatic heterocycles. The Labute approximate surface area is 161 Å². The van der Waals surface area contributed by atoms with Gasteiger partial charge in [-0.15, -0.1) is 0 Å². The van der Waals surface area contributed by atoms with Crippen molar-refractivity contribution in [1.82, 2.24) is 15.1 Å². The van der Waals surface area contributed by atoms with Gasteiger partial charge in [0, 0.05) is 18.5 Å². The third-order valence-corrected chi connectivity index (χ3v) is 5.16. The number of H-pyrrole nitrogens is 1. The Morgan fingerprint density at radius 3 is 2.50 bits per heavy atom. The molecule has 1 aliphatic heterocycles. The van der Waals surface area contributed by atoms with Crippen LogP contribution in [0, 0.1) is 0 Å². The molecule has 28 heavy (non-hydrogen) atoms. The van der Waals surface area contributed by atoms with Crippen molar-refractivity contribution >= 4 is 16.7 Å². The van der Waals surface area contributed by atoms with Gasteiger partial charge in [0.25, 0.3) is 5.56 Å². The lowest BCUT2D eigenvalue weighted by molar-refractivity contribution is -0.131. The summed E-state index contributed by atoms with van der Waals surface area (Å²) in [6, 6.07) is 11.1. The summed E-state index contributed by atoms with van der Waals surface area (Å²) in [7, 11) is 3.22. The van der Waals surface area contributed by atoms with Gasteiger partial charge in [0.15, 0.2) is 11.5 Å². The molecule has 7 nitrogen and oxygen atoms in total. The molecule has 0 radical (unpaired) electrons. The molecule has 0 saturated heterocycles. The summed E-state index contributed by atoms with van der Waals surface area (Å²) >= 11 is 0. The Hall–Kier alpha value is -3.35. The molecule has 3 aromatic rings. The van der Waals surface area contributed by atoms with Gasteiger partial charge < -0.3 is 14.4 Å². The summed E-state index contributed by atoms with van der Waals surface area (Å²) in [5.74, 6) is 1.33. The summed E-state index contributed by atoms with van der Waals surface area (Å²) in [5.41, 5.74) is 2.55. The fourth-order valence-electron chi connectivity index (χ4n) is 3.66. The second kappa shape index (κ2) is 7.34. The molecule has 2 aromatic carbocycles. The number of rotatable bonds is 4. The van der Waals surface area contributed by atoms with Gasteiger partial charge in [0.1, 0.15) is 0 Å². The number of aromatic nitrogens is 2. The van der Waals surface area contributed by atoms with Crippen molar-refractivity contribution in [3.63, 3.8) is 0 Å². The number of fused-ring (bicyclic) bond motifs is 2. The molecular weight excluding hydrogens is 358 g/mol. The number of benzene rings is 2. The monoisotopic (exact) mass is 379 g/mol. The van der Waals surface area contributed by atoms with Crippen LogP contribution < -0.4 is 15.0 Å². The number of methoxy groups -OCH3 is 2. The van der Waals surface area contributed by atoms with Gasteiger partial charge in [0.2, 0.25) is 5.91 Å². The lowest BCUT2D eigenvalue weighted by Gasteiger charge is -2.29. The van der Waals surface area contributed by atoms with Crippen LogP contribution in [0.5, 0.6) is 11.5 Å². The molecule has 1 aliphatic rings. The number of aromatic amines is 1. The second-order valence-corrected chi connectivity index (χ2v) is 6.76. The quantitative estimate of drug-likeness (QED) is 0.750. The van der Waals surface area contributed by atoms with Gasteiger partial charge in [-0.05, 0) is 35.7 Å². The number of carbonyl (C=O) groups is 1. The van der Waals surface area contributed by atoms with Crippen molar-refractivity contribution in [2.24, 2.45) is 0 Å². The van der Waals surface area contributed by atoms with E-state index < -0.39 is 0 Å². The van der Waals surface area contributed by atoms with Gasteiger partial charge in [0.05, 0.1) is 31.7 Å². The molecule has 0 spiro atoms. The highest BCUT2D eigenvalue weighted by Crippen LogP contribution is 2.33. The number of hydrogen-bond donors (Lipinski definition) is 1. The maximum absolute atomic E-state index is 12.9. The summed E-state index contributed by atoms with van der Waals surface area (Å²) in [5, 5.41) is 7.86. The first-order chi connectivity index (χ1) is 13.6. The van der Waals surface area contributed by atoms with E-state index in [0.29, 0.717) is 41.1 Å². The van der Waals surface area contributed by atoms with Crippen LogP contribution in [0.4, 0.5) is 0 Å². The standard InChI is InChI=1S/C21H21N3O4/c1-27-18-9-13-7-8-24(12-14(13)10-19(18)28-2)20(25)11-17-15-5-3-4-6-16(15)21(26)23-22-17/h3-6,9-10H,7-8,11-12H2,1-2H3,(H,23,26). The molecular formula is C21H21N3O4. The Balaban J connectivity index is 1.58. The number of nitrogens with zero attached hydrogens (tertiary/aromatic N) is 2. The smallest absolute Gasteiger partial charge is 0.272 e. The van der Waals surface area contributed by atoms with Gasteiger partial charge in [-0.3, -0.25) is 9.59 Å². The minimum atomic E-state index is -0.250. The molecule has 0 unspecified atom stereocenters. The number of nitrogens with one attached hydrogen (secondary N) is 1. The fraction of sp³-hybridized carbons (Fsp3) is 0.286. The first-order valence-electron chi connectivity index (χ1n) is 9.08. The van der Waals surface area contributed by atoms with Crippen LogP contribution in [-0.2, 0) is 24.2 Å². The van der Waals surface area contributed by atoms with Crippen LogP contribution >= 0.6 is 0 Å². The highest BCUT2D eigenvalue weighted by molar-refractivity contribution is 5.88. The van der Waals surface area contributed by atoms with E-state index in [1.807, 2.05) is 29.2 Å². The average Bonchev–Trinajstić information content (AvgIpc) is 2.74. The van der Waals surface area contributed by atoms with E-state index in [1.165, 1.54) is 0 Å². The Morgan fingerprint density at radius 1 is 1.11 bits per heavy atom. The number of amides is 1. The van der Waals surface area contributed by atoms with Crippen molar-refractivity contribution < 1.29 is 14.3 Å². The molecule has 0 aliphatic carbocycles. The van der Waals surface area contributed by atoms with Gasteiger partial charge >= 0.3 is 0 Å². The molecule has 4 rings (SSSR count).